The highest BCUT2D eigenvalue weighted by Gasteiger charge is 2.24. The minimum atomic E-state index is -3.50. The van der Waals surface area contributed by atoms with Crippen LogP contribution in [0.3, 0.4) is 0 Å². The second-order valence-corrected chi connectivity index (χ2v) is 10.2. The van der Waals surface area contributed by atoms with Gasteiger partial charge in [-0.05, 0) is 37.0 Å². The Morgan fingerprint density at radius 2 is 2.00 bits per heavy atom. The van der Waals surface area contributed by atoms with Crippen molar-refractivity contribution in [3.8, 4) is 11.3 Å². The molecule has 0 fully saturated rings. The van der Waals surface area contributed by atoms with Gasteiger partial charge < -0.3 is 5.32 Å². The van der Waals surface area contributed by atoms with E-state index in [0.717, 1.165) is 46.7 Å². The summed E-state index contributed by atoms with van der Waals surface area (Å²) in [5.74, 6) is -0.585. The van der Waals surface area contributed by atoms with Crippen LogP contribution in [0.25, 0.3) is 11.3 Å². The normalized spacial score (nSPS) is 13.0. The maximum absolute atomic E-state index is 12.5. The molecule has 1 aliphatic rings. The van der Waals surface area contributed by atoms with Gasteiger partial charge in [0, 0.05) is 29.6 Å². The highest BCUT2D eigenvalue weighted by atomic mass is 32.2. The molecule has 2 aromatic heterocycles. The molecule has 3 aromatic rings. The summed E-state index contributed by atoms with van der Waals surface area (Å²) in [5, 5.41) is 7.55. The number of carbonyl (C=O) groups excluding carboxylic acids is 1. The van der Waals surface area contributed by atoms with E-state index in [2.05, 4.69) is 15.4 Å². The second kappa shape index (κ2) is 7.72. The molecule has 7 nitrogen and oxygen atoms in total. The maximum atomic E-state index is 12.5. The summed E-state index contributed by atoms with van der Waals surface area (Å²) in [6.45, 7) is 2.01. The fourth-order valence-electron chi connectivity index (χ4n) is 3.43. The predicted molar refractivity (Wildman–Crippen MR) is 113 cm³/mol. The summed E-state index contributed by atoms with van der Waals surface area (Å²) in [6, 6.07) is 6.82. The lowest BCUT2D eigenvalue weighted by atomic mass is 10.0. The number of rotatable bonds is 6. The first-order valence-corrected chi connectivity index (χ1v) is 12.0. The van der Waals surface area contributed by atoms with Crippen molar-refractivity contribution in [1.82, 2.24) is 14.8 Å². The van der Waals surface area contributed by atoms with Gasteiger partial charge >= 0.3 is 0 Å². The molecule has 0 spiro atoms. The first-order chi connectivity index (χ1) is 13.9. The van der Waals surface area contributed by atoms with Gasteiger partial charge in [-0.25, -0.2) is 13.4 Å². The minimum Gasteiger partial charge on any atom is -0.302 e. The Bertz CT molecular complexity index is 1160. The monoisotopic (exact) mass is 430 g/mol. The molecule has 0 bridgehead atoms. The highest BCUT2D eigenvalue weighted by Crippen LogP contribution is 2.37. The number of amides is 1. The third-order valence-electron chi connectivity index (χ3n) is 5.14. The Kier molecular flexibility index (Phi) is 5.26. The molecule has 0 unspecified atom stereocenters. The zero-order valence-electron chi connectivity index (χ0n) is 16.3. The number of benzene rings is 1. The van der Waals surface area contributed by atoms with Crippen LogP contribution in [-0.4, -0.2) is 34.8 Å². The molecular weight excluding hydrogens is 408 g/mol. The quantitative estimate of drug-likeness (QED) is 0.649. The van der Waals surface area contributed by atoms with E-state index in [1.807, 2.05) is 18.7 Å². The number of hydrogen-bond acceptors (Lipinski definition) is 6. The fourth-order valence-corrected chi connectivity index (χ4v) is 5.67. The van der Waals surface area contributed by atoms with Gasteiger partial charge in [0.25, 0.3) is 0 Å². The van der Waals surface area contributed by atoms with Crippen molar-refractivity contribution in [2.45, 2.75) is 37.5 Å². The third kappa shape index (κ3) is 3.97. The van der Waals surface area contributed by atoms with Crippen LogP contribution in [0.15, 0.2) is 35.4 Å². The number of nitrogens with zero attached hydrogens (tertiary/aromatic N) is 3. The van der Waals surface area contributed by atoms with E-state index in [1.165, 1.54) is 11.3 Å². The topological polar surface area (TPSA) is 93.9 Å². The molecule has 0 radical (unpaired) electrons. The summed E-state index contributed by atoms with van der Waals surface area (Å²) in [7, 11) is -1.59. The van der Waals surface area contributed by atoms with Crippen LogP contribution in [0.2, 0.25) is 0 Å². The summed E-state index contributed by atoms with van der Waals surface area (Å²) in [4.78, 5) is 18.2. The number of thiazole rings is 1. The van der Waals surface area contributed by atoms with E-state index >= 15 is 0 Å². The number of hydrogen-bond donors (Lipinski definition) is 1. The zero-order chi connectivity index (χ0) is 20.6. The van der Waals surface area contributed by atoms with Crippen LogP contribution in [0, 0.1) is 0 Å². The lowest BCUT2D eigenvalue weighted by molar-refractivity contribution is -0.115. The Hall–Kier alpha value is -2.52. The van der Waals surface area contributed by atoms with Crippen molar-refractivity contribution in [2.75, 3.05) is 11.1 Å². The summed E-state index contributed by atoms with van der Waals surface area (Å²) < 4.78 is 26.8. The molecule has 0 aliphatic heterocycles. The lowest BCUT2D eigenvalue weighted by Gasteiger charge is -2.10. The Balaban J connectivity index is 1.41. The van der Waals surface area contributed by atoms with E-state index < -0.39 is 9.84 Å². The smallest absolute Gasteiger partial charge is 0.227 e. The number of nitrogens with one attached hydrogen (secondary N) is 1. The van der Waals surface area contributed by atoms with Crippen LogP contribution >= 0.6 is 11.3 Å². The van der Waals surface area contributed by atoms with Gasteiger partial charge in [0.05, 0.1) is 22.5 Å². The second-order valence-electron chi connectivity index (χ2n) is 7.03. The summed E-state index contributed by atoms with van der Waals surface area (Å²) >= 11 is 1.44. The van der Waals surface area contributed by atoms with E-state index in [0.29, 0.717) is 5.13 Å². The molecule has 4 rings (SSSR count). The molecule has 29 heavy (non-hydrogen) atoms. The molecule has 9 heteroatoms. The predicted octanol–water partition coefficient (Wildman–Crippen LogP) is 3.01. The molecule has 0 saturated carbocycles. The van der Waals surface area contributed by atoms with Crippen LogP contribution in [0.1, 0.15) is 29.5 Å². The van der Waals surface area contributed by atoms with E-state index in [4.69, 9.17) is 0 Å². The molecule has 2 heterocycles. The highest BCUT2D eigenvalue weighted by molar-refractivity contribution is 7.91. The van der Waals surface area contributed by atoms with Crippen molar-refractivity contribution in [2.24, 2.45) is 7.05 Å². The summed E-state index contributed by atoms with van der Waals surface area (Å²) in [5.41, 5.74) is 4.08. The Labute approximate surface area is 173 Å². The number of aryl methyl sites for hydroxylation is 3. The van der Waals surface area contributed by atoms with Gasteiger partial charge in [-0.15, -0.1) is 11.3 Å². The number of anilines is 1. The molecule has 1 aromatic carbocycles. The number of sulfone groups is 1. The Morgan fingerprint density at radius 3 is 2.72 bits per heavy atom. The average Bonchev–Trinajstić information content (AvgIpc) is 3.29. The standard InChI is InChI=1S/C20H22N4O3S2/c1-3-13-4-6-14(7-5-13)29(26,27)11-10-18(25)22-20-23-19-15-12-21-24(2)16(15)8-9-17(19)28-20/h4-7,12H,3,8-11H2,1-2H3,(H,22,23,25). The molecule has 0 atom stereocenters. The van der Waals surface area contributed by atoms with E-state index in [1.54, 1.807) is 30.5 Å². The maximum Gasteiger partial charge on any atom is 0.227 e. The van der Waals surface area contributed by atoms with Gasteiger partial charge in [-0.1, -0.05) is 19.1 Å². The van der Waals surface area contributed by atoms with E-state index in [-0.39, 0.29) is 23.0 Å². The van der Waals surface area contributed by atoms with Crippen molar-refractivity contribution in [3.63, 3.8) is 0 Å². The third-order valence-corrected chi connectivity index (χ3v) is 7.90. The van der Waals surface area contributed by atoms with Gasteiger partial charge in [0.2, 0.25) is 5.91 Å². The van der Waals surface area contributed by atoms with Gasteiger partial charge in [0.15, 0.2) is 15.0 Å². The molecule has 1 amide bonds. The molecule has 0 saturated heterocycles. The average molecular weight is 431 g/mol. The fraction of sp³-hybridized carbons (Fsp3) is 0.350. The van der Waals surface area contributed by atoms with Crippen LogP contribution in [0.4, 0.5) is 5.13 Å². The number of fused-ring (bicyclic) bond motifs is 3. The van der Waals surface area contributed by atoms with Crippen molar-refractivity contribution in [3.05, 3.63) is 46.6 Å². The summed E-state index contributed by atoms with van der Waals surface area (Å²) in [6.07, 6.45) is 4.29. The Morgan fingerprint density at radius 1 is 1.24 bits per heavy atom. The van der Waals surface area contributed by atoms with Crippen molar-refractivity contribution >= 4 is 32.2 Å². The molecule has 152 valence electrons. The molecule has 1 aliphatic carbocycles. The first-order valence-electron chi connectivity index (χ1n) is 9.50. The van der Waals surface area contributed by atoms with Gasteiger partial charge in [-0.2, -0.15) is 5.10 Å². The lowest BCUT2D eigenvalue weighted by Crippen LogP contribution is -2.17. The molecular formula is C20H22N4O3S2. The molecule has 1 N–H and O–H groups in total. The first kappa shape index (κ1) is 19.8. The number of carbonyl (C=O) groups is 1. The largest absolute Gasteiger partial charge is 0.302 e. The van der Waals surface area contributed by atoms with Crippen LogP contribution in [0.5, 0.6) is 0 Å². The van der Waals surface area contributed by atoms with Gasteiger partial charge in [-0.3, -0.25) is 9.48 Å². The van der Waals surface area contributed by atoms with Crippen molar-refractivity contribution < 1.29 is 13.2 Å². The minimum absolute atomic E-state index is 0.111. The van der Waals surface area contributed by atoms with Crippen molar-refractivity contribution in [1.29, 1.82) is 0 Å². The van der Waals surface area contributed by atoms with Crippen LogP contribution < -0.4 is 5.32 Å². The SMILES string of the molecule is CCc1ccc(S(=O)(=O)CCC(=O)Nc2nc3c(s2)CCc2c-3cnn2C)cc1. The van der Waals surface area contributed by atoms with Gasteiger partial charge in [0.1, 0.15) is 0 Å². The zero-order valence-corrected chi connectivity index (χ0v) is 17.9. The number of aromatic nitrogens is 3. The van der Waals surface area contributed by atoms with E-state index in [9.17, 15) is 13.2 Å². The van der Waals surface area contributed by atoms with Crippen LogP contribution in [-0.2, 0) is 40.9 Å².